The molecule has 230 valence electrons. The van der Waals surface area contributed by atoms with E-state index in [9.17, 15) is 10.2 Å². The Morgan fingerprint density at radius 1 is 1.14 bits per heavy atom. The summed E-state index contributed by atoms with van der Waals surface area (Å²) in [4.78, 5) is 15.8. The van der Waals surface area contributed by atoms with E-state index in [1.807, 2.05) is 43.6 Å². The first-order chi connectivity index (χ1) is 21.4. The van der Waals surface area contributed by atoms with Gasteiger partial charge in [0.05, 0.1) is 23.5 Å². The summed E-state index contributed by atoms with van der Waals surface area (Å²) in [5, 5.41) is 35.1. The first-order valence-corrected chi connectivity index (χ1v) is 14.5. The summed E-state index contributed by atoms with van der Waals surface area (Å²) in [6.07, 6.45) is 0.0990. The van der Waals surface area contributed by atoms with Crippen LogP contribution in [0.1, 0.15) is 18.2 Å². The minimum atomic E-state index is -1.24. The van der Waals surface area contributed by atoms with Crippen molar-refractivity contribution in [3.8, 4) is 17.0 Å². The van der Waals surface area contributed by atoms with Crippen LogP contribution in [0, 0.1) is 0 Å². The van der Waals surface area contributed by atoms with Crippen LogP contribution in [-0.2, 0) is 16.5 Å². The number of nitrogen functional groups attached to an aromatic ring is 1. The molecule has 0 saturated carbocycles. The Hall–Kier alpha value is -4.57. The summed E-state index contributed by atoms with van der Waals surface area (Å²) in [6, 6.07) is 9.23. The highest BCUT2D eigenvalue weighted by Crippen LogP contribution is 2.39. The molecular formula is C29H34N10O5. The molecule has 7 rings (SSSR count). The largest absolute Gasteiger partial charge is 0.491 e. The fourth-order valence-electron chi connectivity index (χ4n) is 5.61. The van der Waals surface area contributed by atoms with E-state index in [0.29, 0.717) is 47.3 Å². The number of aromatic nitrogens is 7. The number of ether oxygens (including phenoxy) is 3. The second-order valence-electron chi connectivity index (χ2n) is 11.0. The van der Waals surface area contributed by atoms with Crippen molar-refractivity contribution in [1.82, 2.24) is 34.3 Å². The van der Waals surface area contributed by atoms with Crippen LogP contribution in [0.15, 0.2) is 42.9 Å². The van der Waals surface area contributed by atoms with Crippen molar-refractivity contribution in [2.45, 2.75) is 30.8 Å². The highest BCUT2D eigenvalue weighted by atomic mass is 16.6. The van der Waals surface area contributed by atoms with Gasteiger partial charge in [-0.2, -0.15) is 15.2 Å². The smallest absolute Gasteiger partial charge is 0.227 e. The number of hydrogen-bond acceptors (Lipinski definition) is 13. The van der Waals surface area contributed by atoms with Gasteiger partial charge in [-0.3, -0.25) is 4.68 Å². The quantitative estimate of drug-likeness (QED) is 0.167. The first kappa shape index (κ1) is 28.2. The van der Waals surface area contributed by atoms with E-state index in [0.717, 1.165) is 36.2 Å². The standard InChI is InChI=1S/C29H34N10O5/c1-37-10-6-19(36-37)18-13-21(39-23(18)27(30)32-15-33-39)26-25(41)24(40)22(44-26)14-43-16-4-5-17-20(12-16)34-29(38-8-3-9-38)35-28(17)31-7-11-42-2/h4-6,10,12-13,15,22,24-26,40-41H,3,7-9,11,14H2,1-2H3,(H2,30,32,33)(H,31,34,35)/t22-,24-,25-,26+/m1/s1. The minimum absolute atomic E-state index is 0.00320. The number of aliphatic hydroxyl groups is 2. The maximum absolute atomic E-state index is 11.1. The lowest BCUT2D eigenvalue weighted by Crippen LogP contribution is -2.38. The minimum Gasteiger partial charge on any atom is -0.491 e. The van der Waals surface area contributed by atoms with Crippen molar-refractivity contribution >= 4 is 34.0 Å². The SMILES string of the molecule is COCCNc1nc(N2CCC2)nc2cc(OC[C@H]3O[C@@H](c4cc(-c5ccn(C)n5)c5c(N)ncnn45)[C@H](O)[C@@H]3O)ccc12. The number of fused-ring (bicyclic) bond motifs is 2. The number of nitrogens with zero attached hydrogens (tertiary/aromatic N) is 8. The van der Waals surface area contributed by atoms with Gasteiger partial charge in [-0.25, -0.2) is 14.5 Å². The van der Waals surface area contributed by atoms with Crippen molar-refractivity contribution in [1.29, 1.82) is 0 Å². The van der Waals surface area contributed by atoms with Crippen molar-refractivity contribution in [2.75, 3.05) is 55.9 Å². The summed E-state index contributed by atoms with van der Waals surface area (Å²) in [5.41, 5.74) is 9.37. The van der Waals surface area contributed by atoms with Crippen LogP contribution in [0.25, 0.3) is 27.7 Å². The third-order valence-electron chi connectivity index (χ3n) is 8.06. The average Bonchev–Trinajstić information content (AvgIpc) is 3.67. The predicted octanol–water partition coefficient (Wildman–Crippen LogP) is 1.16. The van der Waals surface area contributed by atoms with Gasteiger partial charge >= 0.3 is 0 Å². The zero-order valence-electron chi connectivity index (χ0n) is 24.4. The van der Waals surface area contributed by atoms with E-state index in [2.05, 4.69) is 25.4 Å². The number of methoxy groups -OCH3 is 1. The Morgan fingerprint density at radius 2 is 2.00 bits per heavy atom. The number of rotatable bonds is 10. The number of anilines is 3. The lowest BCUT2D eigenvalue weighted by atomic mass is 10.1. The molecule has 5 N–H and O–H groups in total. The summed E-state index contributed by atoms with van der Waals surface area (Å²) < 4.78 is 20.7. The number of aryl methyl sites for hydroxylation is 1. The molecule has 4 atom stereocenters. The number of aliphatic hydroxyl groups excluding tert-OH is 2. The number of benzene rings is 1. The molecular weight excluding hydrogens is 568 g/mol. The van der Waals surface area contributed by atoms with Crippen molar-refractivity contribution in [2.24, 2.45) is 7.05 Å². The Balaban J connectivity index is 1.12. The maximum atomic E-state index is 11.1. The van der Waals surface area contributed by atoms with Gasteiger partial charge in [0.15, 0.2) is 5.82 Å². The zero-order chi connectivity index (χ0) is 30.4. The van der Waals surface area contributed by atoms with Gasteiger partial charge < -0.3 is 40.4 Å². The van der Waals surface area contributed by atoms with Crippen LogP contribution < -0.4 is 20.7 Å². The summed E-state index contributed by atoms with van der Waals surface area (Å²) >= 11 is 0. The Morgan fingerprint density at radius 3 is 2.75 bits per heavy atom. The lowest BCUT2D eigenvalue weighted by Gasteiger charge is -2.31. The molecule has 0 aliphatic carbocycles. The van der Waals surface area contributed by atoms with E-state index in [1.165, 1.54) is 6.33 Å². The molecule has 0 spiro atoms. The summed E-state index contributed by atoms with van der Waals surface area (Å²) in [7, 11) is 3.48. The van der Waals surface area contributed by atoms with Gasteiger partial charge in [0.1, 0.15) is 54.4 Å². The van der Waals surface area contributed by atoms with E-state index in [4.69, 9.17) is 29.9 Å². The van der Waals surface area contributed by atoms with Crippen LogP contribution in [0.2, 0.25) is 0 Å². The number of nitrogens with two attached hydrogens (primary N) is 1. The molecule has 15 heteroatoms. The molecule has 2 aliphatic heterocycles. The average molecular weight is 603 g/mol. The third kappa shape index (κ3) is 5.02. The van der Waals surface area contributed by atoms with Gasteiger partial charge in [-0.05, 0) is 30.7 Å². The van der Waals surface area contributed by atoms with Gasteiger partial charge in [-0.1, -0.05) is 0 Å². The molecule has 0 unspecified atom stereocenters. The van der Waals surface area contributed by atoms with Crippen LogP contribution >= 0.6 is 0 Å². The topological polar surface area (TPSA) is 183 Å². The van der Waals surface area contributed by atoms with Crippen LogP contribution in [0.4, 0.5) is 17.6 Å². The summed E-state index contributed by atoms with van der Waals surface area (Å²) in [5.74, 6) is 2.20. The van der Waals surface area contributed by atoms with Gasteiger partial charge in [0.2, 0.25) is 5.95 Å². The van der Waals surface area contributed by atoms with E-state index in [-0.39, 0.29) is 12.4 Å². The van der Waals surface area contributed by atoms with Crippen LogP contribution in [-0.4, -0.2) is 103 Å². The van der Waals surface area contributed by atoms with Crippen molar-refractivity contribution in [3.63, 3.8) is 0 Å². The molecule has 5 aromatic rings. The number of hydrogen-bond donors (Lipinski definition) is 4. The predicted molar refractivity (Wildman–Crippen MR) is 161 cm³/mol. The summed E-state index contributed by atoms with van der Waals surface area (Å²) in [6.45, 7) is 2.99. The highest BCUT2D eigenvalue weighted by molar-refractivity contribution is 5.91. The molecule has 44 heavy (non-hydrogen) atoms. The van der Waals surface area contributed by atoms with E-state index >= 15 is 0 Å². The fourth-order valence-corrected chi connectivity index (χ4v) is 5.61. The molecule has 1 aromatic carbocycles. The van der Waals surface area contributed by atoms with Crippen LogP contribution in [0.3, 0.4) is 0 Å². The lowest BCUT2D eigenvalue weighted by molar-refractivity contribution is -0.0187. The highest BCUT2D eigenvalue weighted by Gasteiger charge is 2.45. The second kappa shape index (κ2) is 11.5. The Labute approximate surface area is 252 Å². The number of nitrogens with one attached hydrogen (secondary N) is 1. The molecule has 2 fully saturated rings. The molecule has 0 radical (unpaired) electrons. The van der Waals surface area contributed by atoms with Gasteiger partial charge in [0, 0.05) is 57.0 Å². The monoisotopic (exact) mass is 602 g/mol. The first-order valence-electron chi connectivity index (χ1n) is 14.5. The molecule has 0 bridgehead atoms. The van der Waals surface area contributed by atoms with E-state index in [1.54, 1.807) is 16.3 Å². The van der Waals surface area contributed by atoms with Crippen LogP contribution in [0.5, 0.6) is 5.75 Å². The molecule has 2 saturated heterocycles. The molecule has 2 aliphatic rings. The molecule has 15 nitrogen and oxygen atoms in total. The Kier molecular flexibility index (Phi) is 7.37. The molecule has 6 heterocycles. The third-order valence-corrected chi connectivity index (χ3v) is 8.06. The van der Waals surface area contributed by atoms with Crippen molar-refractivity contribution < 1.29 is 24.4 Å². The maximum Gasteiger partial charge on any atom is 0.227 e. The van der Waals surface area contributed by atoms with E-state index < -0.39 is 24.4 Å². The normalized spacial score (nSPS) is 21.7. The second-order valence-corrected chi connectivity index (χ2v) is 11.0. The zero-order valence-corrected chi connectivity index (χ0v) is 24.4. The van der Waals surface area contributed by atoms with Gasteiger partial charge in [-0.15, -0.1) is 0 Å². The molecule has 0 amide bonds. The van der Waals surface area contributed by atoms with Crippen molar-refractivity contribution in [3.05, 3.63) is 48.5 Å². The molecule has 4 aromatic heterocycles. The Bertz CT molecular complexity index is 1800. The fraction of sp³-hybridized carbons (Fsp3) is 0.414. The van der Waals surface area contributed by atoms with Gasteiger partial charge in [0.25, 0.3) is 0 Å².